The van der Waals surface area contributed by atoms with Crippen LogP contribution in [0, 0.1) is 11.3 Å². The van der Waals surface area contributed by atoms with Crippen LogP contribution < -0.4 is 10.6 Å². The highest BCUT2D eigenvalue weighted by Crippen LogP contribution is 2.24. The van der Waals surface area contributed by atoms with Gasteiger partial charge in [-0.3, -0.25) is 9.78 Å². The number of pyridine rings is 1. The maximum absolute atomic E-state index is 12.2. The van der Waals surface area contributed by atoms with Crippen molar-refractivity contribution in [3.63, 3.8) is 0 Å². The zero-order valence-electron chi connectivity index (χ0n) is 11.3. The molecule has 0 spiro atoms. The largest absolute Gasteiger partial charge is 0.382 e. The van der Waals surface area contributed by atoms with E-state index >= 15 is 0 Å². The number of hydrogen-bond acceptors (Lipinski definition) is 4. The minimum atomic E-state index is -0.287. The number of hydrogen-bond donors (Lipinski definition) is 2. The Kier molecular flexibility index (Phi) is 3.52. The minimum absolute atomic E-state index is 0.287. The molecule has 0 bridgehead atoms. The molecule has 2 aromatic rings. The number of aromatic nitrogens is 1. The molecule has 21 heavy (non-hydrogen) atoms. The summed E-state index contributed by atoms with van der Waals surface area (Å²) < 4.78 is 0. The second kappa shape index (κ2) is 5.63. The fourth-order valence-electron chi connectivity index (χ4n) is 1.97. The predicted molar refractivity (Wildman–Crippen MR) is 80.0 cm³/mol. The Morgan fingerprint density at radius 1 is 1.24 bits per heavy atom. The molecular weight excluding hydrogens is 264 g/mol. The molecule has 5 nitrogen and oxygen atoms in total. The summed E-state index contributed by atoms with van der Waals surface area (Å²) >= 11 is 0. The summed E-state index contributed by atoms with van der Waals surface area (Å²) in [7, 11) is 0. The Hall–Kier alpha value is -2.87. The number of nitriles is 1. The van der Waals surface area contributed by atoms with Gasteiger partial charge in [0, 0.05) is 23.6 Å². The van der Waals surface area contributed by atoms with Crippen molar-refractivity contribution in [1.82, 2.24) is 4.98 Å². The molecule has 1 aliphatic carbocycles. The molecular formula is C16H14N4O. The first-order valence-corrected chi connectivity index (χ1v) is 6.79. The summed E-state index contributed by atoms with van der Waals surface area (Å²) in [6.45, 7) is 0. The molecule has 1 fully saturated rings. The van der Waals surface area contributed by atoms with Crippen molar-refractivity contribution in [2.24, 2.45) is 0 Å². The Morgan fingerprint density at radius 3 is 2.86 bits per heavy atom. The summed E-state index contributed by atoms with van der Waals surface area (Å²) in [6.07, 6.45) is 3.96. The van der Waals surface area contributed by atoms with Crippen molar-refractivity contribution in [2.45, 2.75) is 18.9 Å². The lowest BCUT2D eigenvalue weighted by Crippen LogP contribution is -2.14. The van der Waals surface area contributed by atoms with Gasteiger partial charge in [0.15, 0.2) is 0 Å². The molecule has 1 amide bonds. The van der Waals surface area contributed by atoms with Gasteiger partial charge in [-0.05, 0) is 43.2 Å². The van der Waals surface area contributed by atoms with Gasteiger partial charge in [0.25, 0.3) is 5.91 Å². The van der Waals surface area contributed by atoms with Gasteiger partial charge in [-0.1, -0.05) is 6.07 Å². The molecule has 1 heterocycles. The van der Waals surface area contributed by atoms with Crippen LogP contribution in [0.4, 0.5) is 11.4 Å². The number of anilines is 2. The fourth-order valence-corrected chi connectivity index (χ4v) is 1.97. The number of nitrogens with one attached hydrogen (secondary N) is 2. The molecule has 1 saturated carbocycles. The fraction of sp³-hybridized carbons (Fsp3) is 0.188. The number of benzene rings is 1. The SMILES string of the molecule is N#Cc1cccc(NC(=O)c2cc(NC3CC3)ccn2)c1. The quantitative estimate of drug-likeness (QED) is 0.901. The molecule has 1 aliphatic rings. The van der Waals surface area contributed by atoms with Crippen molar-refractivity contribution in [1.29, 1.82) is 5.26 Å². The van der Waals surface area contributed by atoms with E-state index in [2.05, 4.69) is 15.6 Å². The van der Waals surface area contributed by atoms with E-state index in [0.29, 0.717) is 23.0 Å². The first-order chi connectivity index (χ1) is 10.2. The third kappa shape index (κ3) is 3.37. The third-order valence-electron chi connectivity index (χ3n) is 3.19. The van der Waals surface area contributed by atoms with Gasteiger partial charge in [0.2, 0.25) is 0 Å². The van der Waals surface area contributed by atoms with E-state index in [1.165, 1.54) is 12.8 Å². The summed E-state index contributed by atoms with van der Waals surface area (Å²) in [5, 5.41) is 14.9. The summed E-state index contributed by atoms with van der Waals surface area (Å²) in [6, 6.07) is 12.9. The second-order valence-electron chi connectivity index (χ2n) is 5.00. The van der Waals surface area contributed by atoms with E-state index < -0.39 is 0 Å². The summed E-state index contributed by atoms with van der Waals surface area (Å²) in [4.78, 5) is 16.3. The zero-order valence-corrected chi connectivity index (χ0v) is 11.3. The van der Waals surface area contributed by atoms with Crippen LogP contribution in [0.1, 0.15) is 28.9 Å². The van der Waals surface area contributed by atoms with Gasteiger partial charge in [0.1, 0.15) is 5.69 Å². The van der Waals surface area contributed by atoms with E-state index in [-0.39, 0.29) is 5.91 Å². The normalized spacial score (nSPS) is 13.3. The Balaban J connectivity index is 1.73. The number of nitrogens with zero attached hydrogens (tertiary/aromatic N) is 2. The van der Waals surface area contributed by atoms with Crippen molar-refractivity contribution in [3.8, 4) is 6.07 Å². The summed E-state index contributed by atoms with van der Waals surface area (Å²) in [5.41, 5.74) is 2.35. The molecule has 5 heteroatoms. The lowest BCUT2D eigenvalue weighted by molar-refractivity contribution is 0.102. The number of amides is 1. The molecule has 104 valence electrons. The van der Waals surface area contributed by atoms with Crippen LogP contribution in [0.15, 0.2) is 42.6 Å². The van der Waals surface area contributed by atoms with Gasteiger partial charge < -0.3 is 10.6 Å². The van der Waals surface area contributed by atoms with Crippen LogP contribution in [0.2, 0.25) is 0 Å². The van der Waals surface area contributed by atoms with Crippen molar-refractivity contribution >= 4 is 17.3 Å². The Labute approximate surface area is 122 Å². The molecule has 0 unspecified atom stereocenters. The number of carbonyl (C=O) groups excluding carboxylic acids is 1. The van der Waals surface area contributed by atoms with Crippen LogP contribution in [0.5, 0.6) is 0 Å². The van der Waals surface area contributed by atoms with Crippen molar-refractivity contribution in [3.05, 3.63) is 53.9 Å². The standard InChI is InChI=1S/C16H14N4O/c17-10-11-2-1-3-13(8-11)20-16(21)15-9-14(6-7-18-15)19-12-4-5-12/h1-3,6-9,12H,4-5H2,(H,18,19)(H,20,21). The van der Waals surface area contributed by atoms with Crippen LogP contribution in [0.25, 0.3) is 0 Å². The van der Waals surface area contributed by atoms with E-state index in [0.717, 1.165) is 5.69 Å². The molecule has 1 aromatic heterocycles. The molecule has 2 N–H and O–H groups in total. The van der Waals surface area contributed by atoms with Gasteiger partial charge >= 0.3 is 0 Å². The van der Waals surface area contributed by atoms with Gasteiger partial charge in [-0.2, -0.15) is 5.26 Å². The number of rotatable bonds is 4. The van der Waals surface area contributed by atoms with Gasteiger partial charge in [-0.25, -0.2) is 0 Å². The van der Waals surface area contributed by atoms with Crippen molar-refractivity contribution < 1.29 is 4.79 Å². The van der Waals surface area contributed by atoms with Crippen LogP contribution in [-0.4, -0.2) is 16.9 Å². The minimum Gasteiger partial charge on any atom is -0.382 e. The highest BCUT2D eigenvalue weighted by molar-refractivity contribution is 6.03. The average molecular weight is 278 g/mol. The Morgan fingerprint density at radius 2 is 2.10 bits per heavy atom. The average Bonchev–Trinajstić information content (AvgIpc) is 3.31. The second-order valence-corrected chi connectivity index (χ2v) is 5.00. The molecule has 1 aromatic carbocycles. The van der Waals surface area contributed by atoms with Crippen LogP contribution in [-0.2, 0) is 0 Å². The van der Waals surface area contributed by atoms with E-state index in [4.69, 9.17) is 5.26 Å². The first-order valence-electron chi connectivity index (χ1n) is 6.79. The summed E-state index contributed by atoms with van der Waals surface area (Å²) in [5.74, 6) is -0.287. The molecule has 0 atom stereocenters. The highest BCUT2D eigenvalue weighted by Gasteiger charge is 2.21. The van der Waals surface area contributed by atoms with E-state index in [1.807, 2.05) is 12.1 Å². The lowest BCUT2D eigenvalue weighted by atomic mass is 10.2. The van der Waals surface area contributed by atoms with Gasteiger partial charge in [0.05, 0.1) is 11.6 Å². The smallest absolute Gasteiger partial charge is 0.274 e. The number of carbonyl (C=O) groups is 1. The topological polar surface area (TPSA) is 77.8 Å². The maximum Gasteiger partial charge on any atom is 0.274 e. The Bertz CT molecular complexity index is 716. The monoisotopic (exact) mass is 278 g/mol. The molecule has 3 rings (SSSR count). The van der Waals surface area contributed by atoms with E-state index in [1.54, 1.807) is 36.5 Å². The lowest BCUT2D eigenvalue weighted by Gasteiger charge is -2.07. The van der Waals surface area contributed by atoms with Crippen LogP contribution >= 0.6 is 0 Å². The molecule has 0 radical (unpaired) electrons. The zero-order chi connectivity index (χ0) is 14.7. The van der Waals surface area contributed by atoms with E-state index in [9.17, 15) is 4.79 Å². The first kappa shape index (κ1) is 13.1. The molecule has 0 saturated heterocycles. The maximum atomic E-state index is 12.2. The van der Waals surface area contributed by atoms with Crippen molar-refractivity contribution in [2.75, 3.05) is 10.6 Å². The van der Waals surface area contributed by atoms with Gasteiger partial charge in [-0.15, -0.1) is 0 Å². The predicted octanol–water partition coefficient (Wildman–Crippen LogP) is 2.78. The van der Waals surface area contributed by atoms with Crippen LogP contribution in [0.3, 0.4) is 0 Å². The molecule has 0 aliphatic heterocycles. The highest BCUT2D eigenvalue weighted by atomic mass is 16.1. The third-order valence-corrected chi connectivity index (χ3v) is 3.19.